The van der Waals surface area contributed by atoms with Crippen LogP contribution in [0.3, 0.4) is 0 Å². The number of halogens is 2. The van der Waals surface area contributed by atoms with Crippen LogP contribution in [0.25, 0.3) is 0 Å². The summed E-state index contributed by atoms with van der Waals surface area (Å²) < 4.78 is 13.6. The molecule has 2 nitrogen and oxygen atoms in total. The number of amides is 1. The van der Waals surface area contributed by atoms with Gasteiger partial charge < -0.3 is 5.32 Å². The highest BCUT2D eigenvalue weighted by Crippen LogP contribution is 2.24. The van der Waals surface area contributed by atoms with Crippen molar-refractivity contribution in [3.8, 4) is 0 Å². The average Bonchev–Trinajstić information content (AvgIpc) is 2.57. The smallest absolute Gasteiger partial charge is 0.233 e. The van der Waals surface area contributed by atoms with Crippen molar-refractivity contribution >= 4 is 41.0 Å². The monoisotopic (exact) mass is 383 g/mol. The molecule has 0 saturated carbocycles. The van der Waals surface area contributed by atoms with Gasteiger partial charge in [0, 0.05) is 33.5 Å². The summed E-state index contributed by atoms with van der Waals surface area (Å²) in [4.78, 5) is 13.1. The molecule has 1 amide bonds. The summed E-state index contributed by atoms with van der Waals surface area (Å²) >= 11 is 9.06. The highest BCUT2D eigenvalue weighted by Gasteiger charge is 2.13. The lowest BCUT2D eigenvalue weighted by molar-refractivity contribution is -0.120. The summed E-state index contributed by atoms with van der Waals surface area (Å²) in [5.41, 5.74) is 0.517. The van der Waals surface area contributed by atoms with Crippen LogP contribution < -0.4 is 5.32 Å². The minimum absolute atomic E-state index is 0.00776. The zero-order chi connectivity index (χ0) is 17.4. The number of benzene rings is 2. The van der Waals surface area contributed by atoms with Crippen LogP contribution in [0, 0.1) is 5.82 Å². The number of rotatable bonds is 8. The summed E-state index contributed by atoms with van der Waals surface area (Å²) in [6, 6.07) is 14.5. The summed E-state index contributed by atoms with van der Waals surface area (Å²) in [6.07, 6.45) is 0. The number of carbonyl (C=O) groups excluding carboxylic acids is 1. The fourth-order valence-corrected chi connectivity index (χ4v) is 4.10. The first-order valence-corrected chi connectivity index (χ1v) is 9.99. The molecule has 0 aliphatic carbocycles. The van der Waals surface area contributed by atoms with Crippen LogP contribution in [0.5, 0.6) is 0 Å². The summed E-state index contributed by atoms with van der Waals surface area (Å²) in [6.45, 7) is 2.44. The van der Waals surface area contributed by atoms with E-state index in [2.05, 4.69) is 5.32 Å². The van der Waals surface area contributed by atoms with Gasteiger partial charge in [-0.2, -0.15) is 11.8 Å². The molecule has 1 N–H and O–H groups in total. The van der Waals surface area contributed by atoms with Gasteiger partial charge in [0.25, 0.3) is 0 Å². The number of hydrogen-bond acceptors (Lipinski definition) is 3. The van der Waals surface area contributed by atoms with E-state index in [0.717, 1.165) is 4.90 Å². The lowest BCUT2D eigenvalue weighted by atomic mass is 10.2. The maximum absolute atomic E-state index is 13.6. The Balaban J connectivity index is 1.67. The summed E-state index contributed by atoms with van der Waals surface area (Å²) in [5.74, 6) is 0.926. The van der Waals surface area contributed by atoms with Crippen molar-refractivity contribution in [2.75, 3.05) is 12.3 Å². The highest BCUT2D eigenvalue weighted by atomic mass is 35.5. The fourth-order valence-electron chi connectivity index (χ4n) is 1.99. The van der Waals surface area contributed by atoms with Crippen LogP contribution in [-0.2, 0) is 10.5 Å². The van der Waals surface area contributed by atoms with E-state index in [4.69, 9.17) is 11.6 Å². The number of thioether (sulfide) groups is 2. The summed E-state index contributed by atoms with van der Waals surface area (Å²) in [7, 11) is 0. The SMILES string of the molecule is C[C@@H](Sc1ccccc1)C(=O)NCCSCc1c(F)cccc1Cl. The van der Waals surface area contributed by atoms with Gasteiger partial charge in [0.15, 0.2) is 0 Å². The molecule has 0 unspecified atom stereocenters. The molecule has 0 spiro atoms. The Hall–Kier alpha value is -1.17. The van der Waals surface area contributed by atoms with Crippen LogP contribution in [-0.4, -0.2) is 23.5 Å². The van der Waals surface area contributed by atoms with Crippen LogP contribution in [0.15, 0.2) is 53.4 Å². The van der Waals surface area contributed by atoms with E-state index in [-0.39, 0.29) is 17.0 Å². The van der Waals surface area contributed by atoms with Gasteiger partial charge in [0.2, 0.25) is 5.91 Å². The fraction of sp³-hybridized carbons (Fsp3) is 0.278. The van der Waals surface area contributed by atoms with E-state index < -0.39 is 0 Å². The molecular formula is C18H19ClFNOS2. The van der Waals surface area contributed by atoms with E-state index in [9.17, 15) is 9.18 Å². The molecule has 0 saturated heterocycles. The van der Waals surface area contributed by atoms with E-state index >= 15 is 0 Å². The van der Waals surface area contributed by atoms with Crippen LogP contribution in [0.2, 0.25) is 5.02 Å². The van der Waals surface area contributed by atoms with Crippen molar-refractivity contribution in [1.29, 1.82) is 0 Å². The Morgan fingerprint density at radius 2 is 1.96 bits per heavy atom. The Labute approximate surface area is 155 Å². The molecule has 2 aromatic rings. The van der Waals surface area contributed by atoms with Gasteiger partial charge in [-0.05, 0) is 31.2 Å². The molecule has 2 rings (SSSR count). The zero-order valence-corrected chi connectivity index (χ0v) is 15.7. The minimum atomic E-state index is -0.285. The molecule has 1 atom stereocenters. The van der Waals surface area contributed by atoms with Gasteiger partial charge in [-0.15, -0.1) is 11.8 Å². The molecule has 6 heteroatoms. The Bertz CT molecular complexity index is 649. The molecule has 0 bridgehead atoms. The quantitative estimate of drug-likeness (QED) is 0.513. The first-order valence-electron chi connectivity index (χ1n) is 7.58. The van der Waals surface area contributed by atoms with E-state index in [0.29, 0.717) is 28.6 Å². The van der Waals surface area contributed by atoms with Crippen molar-refractivity contribution < 1.29 is 9.18 Å². The molecule has 0 aliphatic rings. The molecule has 0 aliphatic heterocycles. The number of carbonyl (C=O) groups is 1. The number of nitrogens with one attached hydrogen (secondary N) is 1. The van der Waals surface area contributed by atoms with Crippen molar-refractivity contribution in [1.82, 2.24) is 5.32 Å². The second kappa shape index (κ2) is 9.97. The zero-order valence-electron chi connectivity index (χ0n) is 13.3. The van der Waals surface area contributed by atoms with Gasteiger partial charge in [-0.1, -0.05) is 35.9 Å². The average molecular weight is 384 g/mol. The lowest BCUT2D eigenvalue weighted by Crippen LogP contribution is -2.32. The maximum atomic E-state index is 13.6. The van der Waals surface area contributed by atoms with Crippen molar-refractivity contribution in [3.05, 3.63) is 64.9 Å². The van der Waals surface area contributed by atoms with Crippen molar-refractivity contribution in [2.24, 2.45) is 0 Å². The molecule has 2 aromatic carbocycles. The molecular weight excluding hydrogens is 365 g/mol. The standard InChI is InChI=1S/C18H19ClFNOS2/c1-13(24-14-6-3-2-4-7-14)18(22)21-10-11-23-12-15-16(19)8-5-9-17(15)20/h2-9,13H,10-12H2,1H3,(H,21,22)/t13-/m1/s1. The lowest BCUT2D eigenvalue weighted by Gasteiger charge is -2.12. The van der Waals surface area contributed by atoms with E-state index in [1.54, 1.807) is 23.9 Å². The van der Waals surface area contributed by atoms with Crippen LogP contribution in [0.1, 0.15) is 12.5 Å². The molecule has 128 valence electrons. The largest absolute Gasteiger partial charge is 0.354 e. The topological polar surface area (TPSA) is 29.1 Å². The minimum Gasteiger partial charge on any atom is -0.354 e. The van der Waals surface area contributed by atoms with Crippen molar-refractivity contribution in [3.63, 3.8) is 0 Å². The van der Waals surface area contributed by atoms with Crippen molar-refractivity contribution in [2.45, 2.75) is 22.8 Å². The molecule has 24 heavy (non-hydrogen) atoms. The first kappa shape index (κ1) is 19.2. The third-order valence-corrected chi connectivity index (χ3v) is 5.73. The van der Waals surface area contributed by atoms with Gasteiger partial charge in [-0.3, -0.25) is 4.79 Å². The molecule has 0 fully saturated rings. The first-order chi connectivity index (χ1) is 11.6. The van der Waals surface area contributed by atoms with Gasteiger partial charge in [0.1, 0.15) is 5.82 Å². The van der Waals surface area contributed by atoms with Gasteiger partial charge in [-0.25, -0.2) is 4.39 Å². The number of hydrogen-bond donors (Lipinski definition) is 1. The van der Waals surface area contributed by atoms with Crippen LogP contribution in [0.4, 0.5) is 4.39 Å². The molecule has 0 heterocycles. The van der Waals surface area contributed by atoms with E-state index in [1.807, 2.05) is 37.3 Å². The van der Waals surface area contributed by atoms with Crippen LogP contribution >= 0.6 is 35.1 Å². The second-order valence-electron chi connectivity index (χ2n) is 5.12. The normalized spacial score (nSPS) is 12.0. The molecule has 0 radical (unpaired) electrons. The molecule has 0 aromatic heterocycles. The predicted molar refractivity (Wildman–Crippen MR) is 102 cm³/mol. The predicted octanol–water partition coefficient (Wildman–Crippen LogP) is 5.01. The van der Waals surface area contributed by atoms with Gasteiger partial charge in [0.05, 0.1) is 5.25 Å². The third-order valence-electron chi connectivity index (χ3n) is 3.28. The third kappa shape index (κ3) is 6.04. The maximum Gasteiger partial charge on any atom is 0.233 e. The Kier molecular flexibility index (Phi) is 7.95. The highest BCUT2D eigenvalue weighted by molar-refractivity contribution is 8.00. The van der Waals surface area contributed by atoms with E-state index in [1.165, 1.54) is 17.8 Å². The summed E-state index contributed by atoms with van der Waals surface area (Å²) in [5, 5.41) is 3.20. The Morgan fingerprint density at radius 3 is 2.67 bits per heavy atom. The second-order valence-corrected chi connectivity index (χ2v) is 8.04. The Morgan fingerprint density at radius 1 is 1.21 bits per heavy atom. The van der Waals surface area contributed by atoms with Gasteiger partial charge >= 0.3 is 0 Å².